The lowest BCUT2D eigenvalue weighted by Gasteiger charge is -2.41. The first-order valence-corrected chi connectivity index (χ1v) is 10.5. The second kappa shape index (κ2) is 7.52. The minimum Gasteiger partial charge on any atom is -0.334 e. The van der Waals surface area contributed by atoms with Crippen LogP contribution >= 0.6 is 0 Å². The van der Waals surface area contributed by atoms with E-state index >= 15 is 0 Å². The number of hydrogen-bond acceptors (Lipinski definition) is 5. The Labute approximate surface area is 176 Å². The zero-order chi connectivity index (χ0) is 20.7. The molecule has 6 nitrogen and oxygen atoms in total. The van der Waals surface area contributed by atoms with Crippen molar-refractivity contribution in [3.05, 3.63) is 71.7 Å². The third-order valence-corrected chi connectivity index (χ3v) is 6.07. The largest absolute Gasteiger partial charge is 0.334 e. The number of rotatable bonds is 3. The summed E-state index contributed by atoms with van der Waals surface area (Å²) in [6.07, 6.45) is 3.89. The Kier molecular flexibility index (Phi) is 4.69. The molecule has 0 radical (unpaired) electrons. The van der Waals surface area contributed by atoms with Gasteiger partial charge < -0.3 is 9.80 Å². The number of benzene rings is 1. The lowest BCUT2D eigenvalue weighted by Crippen LogP contribution is -2.56. The molecule has 2 bridgehead atoms. The first kappa shape index (κ1) is 18.7. The molecule has 2 atom stereocenters. The van der Waals surface area contributed by atoms with Crippen LogP contribution in [-0.4, -0.2) is 50.9 Å². The molecule has 1 amide bonds. The van der Waals surface area contributed by atoms with Crippen LogP contribution in [0.5, 0.6) is 0 Å². The van der Waals surface area contributed by atoms with E-state index in [0.717, 1.165) is 41.4 Å². The Morgan fingerprint density at radius 1 is 0.933 bits per heavy atom. The average molecular weight is 399 g/mol. The second-order valence-electron chi connectivity index (χ2n) is 8.21. The summed E-state index contributed by atoms with van der Waals surface area (Å²) in [5.41, 5.74) is 4.40. The van der Waals surface area contributed by atoms with Gasteiger partial charge in [0.25, 0.3) is 5.91 Å². The summed E-state index contributed by atoms with van der Waals surface area (Å²) < 4.78 is 0. The summed E-state index contributed by atoms with van der Waals surface area (Å²) in [6.45, 7) is 5.41. The maximum atomic E-state index is 13.5. The van der Waals surface area contributed by atoms with Crippen molar-refractivity contribution < 1.29 is 4.79 Å². The molecule has 2 aromatic heterocycles. The van der Waals surface area contributed by atoms with E-state index in [1.165, 1.54) is 0 Å². The predicted octanol–water partition coefficient (Wildman–Crippen LogP) is 3.65. The molecule has 0 N–H and O–H groups in total. The fraction of sp³-hybridized carbons (Fsp3) is 0.333. The minimum absolute atomic E-state index is 0.0779. The predicted molar refractivity (Wildman–Crippen MR) is 116 cm³/mol. The molecule has 4 heterocycles. The van der Waals surface area contributed by atoms with Gasteiger partial charge in [0.05, 0.1) is 5.69 Å². The summed E-state index contributed by atoms with van der Waals surface area (Å²) in [6, 6.07) is 16.1. The number of anilines is 1. The summed E-state index contributed by atoms with van der Waals surface area (Å²) >= 11 is 0. The molecule has 30 heavy (non-hydrogen) atoms. The molecular weight excluding hydrogens is 374 g/mol. The van der Waals surface area contributed by atoms with Crippen LogP contribution in [0.1, 0.15) is 34.6 Å². The summed E-state index contributed by atoms with van der Waals surface area (Å²) in [5, 5.41) is 0. The molecule has 5 rings (SSSR count). The number of nitrogens with zero attached hydrogens (tertiary/aromatic N) is 5. The third-order valence-electron chi connectivity index (χ3n) is 6.07. The van der Waals surface area contributed by atoms with E-state index in [9.17, 15) is 4.79 Å². The van der Waals surface area contributed by atoms with Gasteiger partial charge in [-0.05, 0) is 51.0 Å². The Balaban J connectivity index is 1.42. The lowest BCUT2D eigenvalue weighted by molar-refractivity contribution is 0.0717. The Bertz CT molecular complexity index is 1050. The van der Waals surface area contributed by atoms with Crippen molar-refractivity contribution in [2.45, 2.75) is 38.8 Å². The topological polar surface area (TPSA) is 62.2 Å². The highest BCUT2D eigenvalue weighted by atomic mass is 16.2. The molecule has 2 aliphatic heterocycles. The van der Waals surface area contributed by atoms with Crippen LogP contribution in [0, 0.1) is 13.8 Å². The van der Waals surface area contributed by atoms with Gasteiger partial charge in [-0.25, -0.2) is 9.97 Å². The number of fused-ring (bicyclic) bond motifs is 2. The highest BCUT2D eigenvalue weighted by Crippen LogP contribution is 2.34. The average Bonchev–Trinajstić information content (AvgIpc) is 3.02. The van der Waals surface area contributed by atoms with Crippen molar-refractivity contribution in [2.75, 3.05) is 18.0 Å². The van der Waals surface area contributed by atoms with Crippen molar-refractivity contribution in [2.24, 2.45) is 0 Å². The van der Waals surface area contributed by atoms with Gasteiger partial charge in [0.15, 0.2) is 0 Å². The molecular formula is C24H25N5O. The Hall–Kier alpha value is -3.28. The molecule has 3 aromatic rings. The van der Waals surface area contributed by atoms with Crippen LogP contribution in [0.25, 0.3) is 11.3 Å². The molecule has 2 unspecified atom stereocenters. The number of pyridine rings is 1. The monoisotopic (exact) mass is 399 g/mol. The number of amides is 1. The zero-order valence-electron chi connectivity index (χ0n) is 17.3. The van der Waals surface area contributed by atoms with Gasteiger partial charge in [0.2, 0.25) is 5.95 Å². The zero-order valence-corrected chi connectivity index (χ0v) is 17.3. The Morgan fingerprint density at radius 3 is 2.27 bits per heavy atom. The summed E-state index contributed by atoms with van der Waals surface area (Å²) in [4.78, 5) is 31.7. The number of aryl methyl sites for hydroxylation is 2. The molecule has 0 saturated carbocycles. The first-order valence-electron chi connectivity index (χ1n) is 10.5. The number of carbonyl (C=O) groups is 1. The van der Waals surface area contributed by atoms with Crippen molar-refractivity contribution in [3.63, 3.8) is 0 Å². The van der Waals surface area contributed by atoms with E-state index in [2.05, 4.69) is 19.9 Å². The molecule has 0 aliphatic carbocycles. The Morgan fingerprint density at radius 2 is 1.60 bits per heavy atom. The first-order chi connectivity index (χ1) is 14.6. The smallest absolute Gasteiger partial charge is 0.254 e. The normalized spacial score (nSPS) is 20.5. The van der Waals surface area contributed by atoms with Gasteiger partial charge in [-0.15, -0.1) is 0 Å². The highest BCUT2D eigenvalue weighted by molar-refractivity contribution is 6.00. The van der Waals surface area contributed by atoms with Gasteiger partial charge in [-0.3, -0.25) is 9.78 Å². The second-order valence-corrected chi connectivity index (χ2v) is 8.21. The van der Waals surface area contributed by atoms with Gasteiger partial charge in [0.1, 0.15) is 0 Å². The van der Waals surface area contributed by atoms with E-state index in [4.69, 9.17) is 0 Å². The van der Waals surface area contributed by atoms with E-state index in [1.807, 2.05) is 67.3 Å². The van der Waals surface area contributed by atoms with Crippen LogP contribution in [0.2, 0.25) is 0 Å². The molecule has 2 aliphatic rings. The minimum atomic E-state index is 0.0779. The van der Waals surface area contributed by atoms with Crippen molar-refractivity contribution in [3.8, 4) is 11.3 Å². The van der Waals surface area contributed by atoms with Gasteiger partial charge in [-0.1, -0.05) is 24.3 Å². The van der Waals surface area contributed by atoms with Crippen LogP contribution in [-0.2, 0) is 0 Å². The van der Waals surface area contributed by atoms with E-state index in [1.54, 1.807) is 6.20 Å². The summed E-state index contributed by atoms with van der Waals surface area (Å²) in [7, 11) is 0. The number of aromatic nitrogens is 3. The van der Waals surface area contributed by atoms with E-state index in [-0.39, 0.29) is 18.0 Å². The fourth-order valence-corrected chi connectivity index (χ4v) is 4.80. The standard InChI is InChI=1S/C24H25N5O/c1-16-13-17(2)27-24(26-16)29-18-10-11-19(29)15-28(14-18)23(30)21-8-4-3-7-20(21)22-9-5-6-12-25-22/h3-9,12-13,18-19H,10-11,14-15H2,1-2H3. The van der Waals surface area contributed by atoms with Gasteiger partial charge in [0, 0.05) is 53.9 Å². The quantitative estimate of drug-likeness (QED) is 0.673. The fourth-order valence-electron chi connectivity index (χ4n) is 4.80. The number of likely N-dealkylation sites (tertiary alicyclic amines) is 1. The van der Waals surface area contributed by atoms with E-state index in [0.29, 0.717) is 18.7 Å². The molecule has 6 heteroatoms. The molecule has 152 valence electrons. The van der Waals surface area contributed by atoms with Crippen LogP contribution < -0.4 is 4.90 Å². The highest BCUT2D eigenvalue weighted by Gasteiger charge is 2.43. The molecule has 2 saturated heterocycles. The van der Waals surface area contributed by atoms with Crippen molar-refractivity contribution in [1.82, 2.24) is 19.9 Å². The third kappa shape index (κ3) is 3.32. The molecule has 0 spiro atoms. The number of piperazine rings is 1. The maximum absolute atomic E-state index is 13.5. The number of carbonyl (C=O) groups excluding carboxylic acids is 1. The SMILES string of the molecule is Cc1cc(C)nc(N2C3CCC2CN(C(=O)c2ccccc2-c2ccccn2)C3)n1. The van der Waals surface area contributed by atoms with Gasteiger partial charge >= 0.3 is 0 Å². The van der Waals surface area contributed by atoms with E-state index < -0.39 is 0 Å². The summed E-state index contributed by atoms with van der Waals surface area (Å²) in [5.74, 6) is 0.884. The maximum Gasteiger partial charge on any atom is 0.254 e. The van der Waals surface area contributed by atoms with Crippen molar-refractivity contribution in [1.29, 1.82) is 0 Å². The molecule has 1 aromatic carbocycles. The molecule has 2 fully saturated rings. The van der Waals surface area contributed by atoms with Crippen LogP contribution in [0.3, 0.4) is 0 Å². The van der Waals surface area contributed by atoms with Crippen LogP contribution in [0.4, 0.5) is 5.95 Å². The van der Waals surface area contributed by atoms with Crippen molar-refractivity contribution >= 4 is 11.9 Å². The lowest BCUT2D eigenvalue weighted by atomic mass is 10.0. The number of hydrogen-bond donors (Lipinski definition) is 0. The van der Waals surface area contributed by atoms with Crippen LogP contribution in [0.15, 0.2) is 54.7 Å². The van der Waals surface area contributed by atoms with Gasteiger partial charge in [-0.2, -0.15) is 0 Å².